The molecule has 8 heteroatoms. The number of hydrogen-bond donors (Lipinski definition) is 0. The summed E-state index contributed by atoms with van der Waals surface area (Å²) < 4.78 is 10.1. The van der Waals surface area contributed by atoms with Gasteiger partial charge in [0.2, 0.25) is 5.88 Å². The summed E-state index contributed by atoms with van der Waals surface area (Å²) in [5.74, 6) is 0.603. The van der Waals surface area contributed by atoms with E-state index in [1.54, 1.807) is 6.20 Å². The number of ether oxygens (including phenoxy) is 1. The third-order valence-electron chi connectivity index (χ3n) is 4.78. The monoisotopic (exact) mass is 383 g/mol. The average Bonchev–Trinajstić information content (AvgIpc) is 3.17. The normalized spacial score (nSPS) is 15.2. The van der Waals surface area contributed by atoms with E-state index in [2.05, 4.69) is 26.7 Å². The lowest BCUT2D eigenvalue weighted by Crippen LogP contribution is -2.41. The Balaban J connectivity index is 1.40. The van der Waals surface area contributed by atoms with Gasteiger partial charge in [-0.2, -0.15) is 5.10 Å². The van der Waals surface area contributed by atoms with E-state index in [0.29, 0.717) is 23.8 Å². The number of aryl methyl sites for hydroxylation is 1. The van der Waals surface area contributed by atoms with E-state index in [1.165, 1.54) is 11.5 Å². The molecule has 0 unspecified atom stereocenters. The molecule has 1 aliphatic rings. The van der Waals surface area contributed by atoms with E-state index in [-0.39, 0.29) is 12.0 Å². The van der Waals surface area contributed by atoms with E-state index in [4.69, 9.17) is 4.74 Å². The Bertz CT molecular complexity index is 931. The molecule has 3 aromatic rings. The number of aromatic nitrogens is 4. The van der Waals surface area contributed by atoms with Crippen LogP contribution in [0.5, 0.6) is 5.88 Å². The van der Waals surface area contributed by atoms with E-state index in [1.807, 2.05) is 29.2 Å². The van der Waals surface area contributed by atoms with Crippen molar-refractivity contribution in [2.75, 3.05) is 13.1 Å². The first-order valence-electron chi connectivity index (χ1n) is 9.24. The Hall–Kier alpha value is -2.61. The summed E-state index contributed by atoms with van der Waals surface area (Å²) in [6.07, 6.45) is 5.05. The summed E-state index contributed by atoms with van der Waals surface area (Å²) >= 11 is 1.19. The molecule has 27 heavy (non-hydrogen) atoms. The van der Waals surface area contributed by atoms with Crippen molar-refractivity contribution in [1.29, 1.82) is 0 Å². The third kappa shape index (κ3) is 3.75. The molecule has 1 saturated heterocycles. The van der Waals surface area contributed by atoms with Crippen molar-refractivity contribution < 1.29 is 9.53 Å². The first kappa shape index (κ1) is 17.8. The van der Waals surface area contributed by atoms with Crippen LogP contribution in [0, 0.1) is 0 Å². The van der Waals surface area contributed by atoms with Crippen LogP contribution in [0.1, 0.15) is 41.6 Å². The van der Waals surface area contributed by atoms with Crippen LogP contribution in [0.2, 0.25) is 0 Å². The van der Waals surface area contributed by atoms with Crippen LogP contribution in [0.15, 0.2) is 30.5 Å². The van der Waals surface area contributed by atoms with Gasteiger partial charge in [0.25, 0.3) is 5.91 Å². The van der Waals surface area contributed by atoms with Crippen LogP contribution < -0.4 is 4.74 Å². The maximum absolute atomic E-state index is 12.8. The Morgan fingerprint density at radius 3 is 2.89 bits per heavy atom. The second kappa shape index (κ2) is 7.96. The van der Waals surface area contributed by atoms with Crippen molar-refractivity contribution in [2.45, 2.75) is 38.7 Å². The summed E-state index contributed by atoms with van der Waals surface area (Å²) in [5.41, 5.74) is 0.817. The lowest BCUT2D eigenvalue weighted by atomic mass is 10.1. The molecule has 0 N–H and O–H groups in total. The lowest BCUT2D eigenvalue weighted by molar-refractivity contribution is 0.0592. The minimum atomic E-state index is 0.0313. The van der Waals surface area contributed by atoms with Gasteiger partial charge in [-0.05, 0) is 24.0 Å². The smallest absolute Gasteiger partial charge is 0.267 e. The van der Waals surface area contributed by atoms with Crippen LogP contribution >= 0.6 is 11.5 Å². The van der Waals surface area contributed by atoms with Gasteiger partial charge >= 0.3 is 0 Å². The second-order valence-electron chi connectivity index (χ2n) is 6.65. The first-order valence-corrected chi connectivity index (χ1v) is 10.0. The van der Waals surface area contributed by atoms with Gasteiger partial charge in [-0.15, -0.1) is 10.2 Å². The zero-order valence-corrected chi connectivity index (χ0v) is 16.0. The maximum Gasteiger partial charge on any atom is 0.267 e. The van der Waals surface area contributed by atoms with Gasteiger partial charge in [0.1, 0.15) is 11.0 Å². The van der Waals surface area contributed by atoms with Crippen molar-refractivity contribution in [3.05, 3.63) is 41.0 Å². The van der Waals surface area contributed by atoms with Gasteiger partial charge in [0, 0.05) is 36.7 Å². The summed E-state index contributed by atoms with van der Waals surface area (Å²) in [6.45, 7) is 3.39. The number of likely N-dealkylation sites (tertiary alicyclic amines) is 1. The third-order valence-corrected chi connectivity index (χ3v) is 5.54. The minimum Gasteiger partial charge on any atom is -0.473 e. The number of amides is 1. The van der Waals surface area contributed by atoms with E-state index >= 15 is 0 Å². The standard InChI is InChI=1S/C19H21N5O2S/c1-2-5-16-17(27-23-21-16)19(25)24-10-8-14(9-11-24)26-18-15-7-4-3-6-13(15)12-20-22-18/h3-4,6-7,12,14H,2,5,8-11H2,1H3. The molecule has 3 heterocycles. The number of nitrogens with zero attached hydrogens (tertiary/aromatic N) is 5. The Labute approximate surface area is 161 Å². The van der Waals surface area contributed by atoms with E-state index in [0.717, 1.165) is 42.1 Å². The number of hydrogen-bond acceptors (Lipinski definition) is 7. The van der Waals surface area contributed by atoms with Crippen molar-refractivity contribution in [2.24, 2.45) is 0 Å². The minimum absolute atomic E-state index is 0.0313. The molecular formula is C19H21N5O2S. The number of rotatable bonds is 5. The van der Waals surface area contributed by atoms with Crippen molar-refractivity contribution in [1.82, 2.24) is 24.7 Å². The van der Waals surface area contributed by atoms with Crippen LogP contribution in [0.25, 0.3) is 10.8 Å². The largest absolute Gasteiger partial charge is 0.473 e. The number of benzene rings is 1. The van der Waals surface area contributed by atoms with Gasteiger partial charge in [-0.25, -0.2) is 0 Å². The summed E-state index contributed by atoms with van der Waals surface area (Å²) in [6, 6.07) is 7.92. The SMILES string of the molecule is CCCc1nnsc1C(=O)N1CCC(Oc2nncc3ccccc23)CC1. The van der Waals surface area contributed by atoms with E-state index < -0.39 is 0 Å². The fourth-order valence-corrected chi connectivity index (χ4v) is 4.01. The van der Waals surface area contributed by atoms with Gasteiger partial charge in [0.05, 0.1) is 11.9 Å². The average molecular weight is 383 g/mol. The molecule has 0 atom stereocenters. The molecular weight excluding hydrogens is 362 g/mol. The highest BCUT2D eigenvalue weighted by Gasteiger charge is 2.28. The Kier molecular flexibility index (Phi) is 5.24. The van der Waals surface area contributed by atoms with Gasteiger partial charge in [-0.1, -0.05) is 36.0 Å². The highest BCUT2D eigenvalue weighted by molar-refractivity contribution is 7.08. The molecule has 0 bridgehead atoms. The molecule has 0 saturated carbocycles. The first-order chi connectivity index (χ1) is 13.3. The highest BCUT2D eigenvalue weighted by atomic mass is 32.1. The Morgan fingerprint density at radius 2 is 2.07 bits per heavy atom. The predicted octanol–water partition coefficient (Wildman–Crippen LogP) is 3.12. The summed E-state index contributed by atoms with van der Waals surface area (Å²) in [5, 5.41) is 14.3. The van der Waals surface area contributed by atoms with E-state index in [9.17, 15) is 4.79 Å². The van der Waals surface area contributed by atoms with Crippen molar-refractivity contribution in [3.8, 4) is 5.88 Å². The number of fused-ring (bicyclic) bond motifs is 1. The van der Waals surface area contributed by atoms with Gasteiger partial charge < -0.3 is 9.64 Å². The zero-order chi connectivity index (χ0) is 18.6. The number of carbonyl (C=O) groups is 1. The molecule has 1 amide bonds. The van der Waals surface area contributed by atoms with Crippen LogP contribution in [0.3, 0.4) is 0 Å². The molecule has 7 nitrogen and oxygen atoms in total. The number of piperidine rings is 1. The molecule has 1 aromatic carbocycles. The predicted molar refractivity (Wildman–Crippen MR) is 103 cm³/mol. The summed E-state index contributed by atoms with van der Waals surface area (Å²) in [7, 11) is 0. The maximum atomic E-state index is 12.8. The Morgan fingerprint density at radius 1 is 1.26 bits per heavy atom. The van der Waals surface area contributed by atoms with Crippen LogP contribution in [-0.4, -0.2) is 49.8 Å². The molecule has 4 rings (SSSR count). The lowest BCUT2D eigenvalue weighted by Gasteiger charge is -2.31. The molecule has 140 valence electrons. The molecule has 0 aliphatic carbocycles. The number of carbonyl (C=O) groups excluding carboxylic acids is 1. The van der Waals surface area contributed by atoms with Gasteiger partial charge in [0.15, 0.2) is 0 Å². The molecule has 0 spiro atoms. The van der Waals surface area contributed by atoms with Crippen molar-refractivity contribution in [3.63, 3.8) is 0 Å². The molecule has 1 aliphatic heterocycles. The van der Waals surface area contributed by atoms with Crippen LogP contribution in [0.4, 0.5) is 0 Å². The second-order valence-corrected chi connectivity index (χ2v) is 7.40. The topological polar surface area (TPSA) is 81.1 Å². The summed E-state index contributed by atoms with van der Waals surface area (Å²) in [4.78, 5) is 15.3. The van der Waals surface area contributed by atoms with Crippen molar-refractivity contribution >= 4 is 28.2 Å². The molecule has 0 radical (unpaired) electrons. The molecule has 1 fully saturated rings. The molecule has 2 aromatic heterocycles. The highest BCUT2D eigenvalue weighted by Crippen LogP contribution is 2.26. The zero-order valence-electron chi connectivity index (χ0n) is 15.2. The fourth-order valence-electron chi connectivity index (χ4n) is 3.34. The quantitative estimate of drug-likeness (QED) is 0.673. The van der Waals surface area contributed by atoms with Gasteiger partial charge in [-0.3, -0.25) is 4.79 Å². The van der Waals surface area contributed by atoms with Crippen LogP contribution in [-0.2, 0) is 6.42 Å². The fraction of sp³-hybridized carbons (Fsp3) is 0.421.